The van der Waals surface area contributed by atoms with E-state index >= 15 is 0 Å². The number of benzene rings is 1. The van der Waals surface area contributed by atoms with Gasteiger partial charge in [-0.1, -0.05) is 31.7 Å². The highest BCUT2D eigenvalue weighted by Gasteiger charge is 2.40. The minimum Gasteiger partial charge on any atom is -0.322 e. The number of amides is 3. The van der Waals surface area contributed by atoms with Crippen LogP contribution in [0.5, 0.6) is 0 Å². The first kappa shape index (κ1) is 25.7. The highest BCUT2D eigenvalue weighted by Crippen LogP contribution is 2.35. The summed E-state index contributed by atoms with van der Waals surface area (Å²) >= 11 is 1.83. The molecule has 7 nitrogen and oxygen atoms in total. The van der Waals surface area contributed by atoms with E-state index in [0.29, 0.717) is 18.5 Å². The second kappa shape index (κ2) is 11.7. The van der Waals surface area contributed by atoms with Gasteiger partial charge in [-0.3, -0.25) is 24.6 Å². The molecule has 0 spiro atoms. The Bertz CT molecular complexity index is 986. The van der Waals surface area contributed by atoms with Gasteiger partial charge in [0.15, 0.2) is 0 Å². The molecule has 3 atom stereocenters. The molecule has 4 fully saturated rings. The average molecular weight is 513 g/mol. The third-order valence-electron chi connectivity index (χ3n) is 8.55. The summed E-state index contributed by atoms with van der Waals surface area (Å²) in [5.41, 5.74) is 1.74. The standard InChI is InChI=1S/C28H40N4O3S/c1-30-17-21-12-11-20(30)18-31(21)15-6-4-2-3-5-7-16-36-25-10-8-9-22-23(25)19-32(28(22)35)24-13-14-26(33)29-27(24)34/h8-10,20-21,24H,2-7,11-19H2,1H3,(H,29,33,34). The summed E-state index contributed by atoms with van der Waals surface area (Å²) in [5.74, 6) is 0.357. The van der Waals surface area contributed by atoms with Crippen LogP contribution in [0, 0.1) is 0 Å². The number of rotatable bonds is 11. The zero-order valence-corrected chi connectivity index (χ0v) is 22.4. The number of nitrogens with zero attached hydrogens (tertiary/aromatic N) is 3. The van der Waals surface area contributed by atoms with Crippen molar-refractivity contribution in [2.45, 2.75) is 93.8 Å². The van der Waals surface area contributed by atoms with Gasteiger partial charge in [0, 0.05) is 48.6 Å². The SMILES string of the molecule is CN1CC2CCC1CN2CCCCCCCCSc1cccc2c1CN(C1CCC(=O)NC1=O)C2=O. The Morgan fingerprint density at radius 1 is 0.944 bits per heavy atom. The lowest BCUT2D eigenvalue weighted by atomic mass is 9.91. The molecular formula is C28H40N4O3S. The Labute approximate surface area is 219 Å². The van der Waals surface area contributed by atoms with Crippen molar-refractivity contribution in [2.24, 2.45) is 0 Å². The van der Waals surface area contributed by atoms with E-state index in [1.807, 2.05) is 23.9 Å². The van der Waals surface area contributed by atoms with Crippen LogP contribution in [0.1, 0.15) is 80.1 Å². The quantitative estimate of drug-likeness (QED) is 0.277. The number of piperidine rings is 3. The average Bonchev–Trinajstić information content (AvgIpc) is 3.20. The van der Waals surface area contributed by atoms with Crippen LogP contribution in [0.25, 0.3) is 0 Å². The van der Waals surface area contributed by atoms with Gasteiger partial charge in [0.25, 0.3) is 5.91 Å². The summed E-state index contributed by atoms with van der Waals surface area (Å²) in [6.45, 7) is 4.27. The fourth-order valence-corrected chi connectivity index (χ4v) is 7.49. The molecule has 8 heteroatoms. The molecule has 5 aliphatic rings. The Balaban J connectivity index is 0.988. The number of likely N-dealkylation sites (N-methyl/N-ethyl adjacent to an activating group) is 1. The van der Waals surface area contributed by atoms with Crippen molar-refractivity contribution in [3.63, 3.8) is 0 Å². The van der Waals surface area contributed by atoms with Gasteiger partial charge in [0.2, 0.25) is 11.8 Å². The van der Waals surface area contributed by atoms with Gasteiger partial charge in [0.1, 0.15) is 6.04 Å². The molecule has 6 rings (SSSR count). The smallest absolute Gasteiger partial charge is 0.255 e. The number of fused-ring (bicyclic) bond motifs is 4. The van der Waals surface area contributed by atoms with E-state index in [1.54, 1.807) is 4.90 Å². The van der Waals surface area contributed by atoms with E-state index in [4.69, 9.17) is 0 Å². The van der Waals surface area contributed by atoms with Crippen LogP contribution in [-0.2, 0) is 16.1 Å². The molecule has 1 N–H and O–H groups in total. The van der Waals surface area contributed by atoms with Crippen LogP contribution in [0.3, 0.4) is 0 Å². The number of piperazine rings is 1. The normalized spacial score (nSPS) is 26.5. The molecule has 1 aromatic carbocycles. The summed E-state index contributed by atoms with van der Waals surface area (Å²) in [6.07, 6.45) is 11.2. The third kappa shape index (κ3) is 5.65. The Morgan fingerprint density at radius 3 is 2.47 bits per heavy atom. The fraction of sp³-hybridized carbons (Fsp3) is 0.679. The van der Waals surface area contributed by atoms with Crippen LogP contribution in [0.4, 0.5) is 0 Å². The predicted molar refractivity (Wildman–Crippen MR) is 142 cm³/mol. The lowest BCUT2D eigenvalue weighted by Gasteiger charge is -2.50. The van der Waals surface area contributed by atoms with Gasteiger partial charge in [-0.05, 0) is 69.1 Å². The Kier molecular flexibility index (Phi) is 8.33. The van der Waals surface area contributed by atoms with Crippen LogP contribution in [-0.4, -0.2) is 83.0 Å². The number of carbonyl (C=O) groups excluding carboxylic acids is 3. The van der Waals surface area contributed by atoms with Gasteiger partial charge >= 0.3 is 0 Å². The number of hydrogen-bond acceptors (Lipinski definition) is 6. The predicted octanol–water partition coefficient (Wildman–Crippen LogP) is 3.66. The molecule has 1 aromatic rings. The second-order valence-electron chi connectivity index (χ2n) is 11.0. The number of thioether (sulfide) groups is 1. The van der Waals surface area contributed by atoms with E-state index in [9.17, 15) is 14.4 Å². The van der Waals surface area contributed by atoms with E-state index < -0.39 is 6.04 Å². The summed E-state index contributed by atoms with van der Waals surface area (Å²) in [6, 6.07) is 6.93. The van der Waals surface area contributed by atoms with E-state index in [0.717, 1.165) is 28.3 Å². The lowest BCUT2D eigenvalue weighted by molar-refractivity contribution is -0.136. The second-order valence-corrected chi connectivity index (χ2v) is 12.1. The molecule has 196 valence electrons. The zero-order valence-electron chi connectivity index (χ0n) is 21.5. The highest BCUT2D eigenvalue weighted by atomic mass is 32.2. The topological polar surface area (TPSA) is 73.0 Å². The van der Waals surface area contributed by atoms with Gasteiger partial charge in [-0.25, -0.2) is 0 Å². The molecular weight excluding hydrogens is 472 g/mol. The molecule has 36 heavy (non-hydrogen) atoms. The number of nitrogens with one attached hydrogen (secondary N) is 1. The first-order valence-corrected chi connectivity index (χ1v) is 14.8. The first-order chi connectivity index (χ1) is 17.5. The van der Waals surface area contributed by atoms with Gasteiger partial charge in [-0.15, -0.1) is 11.8 Å². The molecule has 4 saturated heterocycles. The van der Waals surface area contributed by atoms with E-state index in [2.05, 4.69) is 28.2 Å². The largest absolute Gasteiger partial charge is 0.322 e. The summed E-state index contributed by atoms with van der Waals surface area (Å²) in [5, 5.41) is 2.38. The number of unbranched alkanes of at least 4 members (excludes halogenated alkanes) is 5. The minimum absolute atomic E-state index is 0.0913. The van der Waals surface area contributed by atoms with Crippen molar-refractivity contribution >= 4 is 29.5 Å². The Morgan fingerprint density at radius 2 is 1.72 bits per heavy atom. The minimum atomic E-state index is -0.549. The molecule has 2 bridgehead atoms. The zero-order chi connectivity index (χ0) is 25.1. The van der Waals surface area contributed by atoms with E-state index in [1.165, 1.54) is 71.0 Å². The lowest BCUT2D eigenvalue weighted by Crippen LogP contribution is -2.61. The summed E-state index contributed by atoms with van der Waals surface area (Å²) < 4.78 is 0. The first-order valence-electron chi connectivity index (χ1n) is 13.8. The molecule has 5 aliphatic heterocycles. The van der Waals surface area contributed by atoms with Crippen molar-refractivity contribution < 1.29 is 14.4 Å². The van der Waals surface area contributed by atoms with Gasteiger partial charge < -0.3 is 9.80 Å². The van der Waals surface area contributed by atoms with E-state index in [-0.39, 0.29) is 24.1 Å². The molecule has 0 aromatic heterocycles. The maximum atomic E-state index is 13.0. The van der Waals surface area contributed by atoms with Crippen molar-refractivity contribution in [2.75, 3.05) is 32.4 Å². The van der Waals surface area contributed by atoms with Crippen LogP contribution >= 0.6 is 11.8 Å². The maximum absolute atomic E-state index is 13.0. The van der Waals surface area contributed by atoms with Crippen LogP contribution in [0.15, 0.2) is 23.1 Å². The maximum Gasteiger partial charge on any atom is 0.255 e. The Hall–Kier alpha value is -1.90. The summed E-state index contributed by atoms with van der Waals surface area (Å²) in [4.78, 5) is 44.9. The van der Waals surface area contributed by atoms with Crippen molar-refractivity contribution in [3.8, 4) is 0 Å². The number of hydrogen-bond donors (Lipinski definition) is 1. The molecule has 0 saturated carbocycles. The van der Waals surface area contributed by atoms with Crippen molar-refractivity contribution in [1.82, 2.24) is 20.0 Å². The molecule has 0 aliphatic carbocycles. The fourth-order valence-electron chi connectivity index (χ4n) is 6.40. The molecule has 0 radical (unpaired) electrons. The summed E-state index contributed by atoms with van der Waals surface area (Å²) in [7, 11) is 2.28. The number of imide groups is 1. The van der Waals surface area contributed by atoms with Crippen LogP contribution < -0.4 is 5.32 Å². The molecule has 3 amide bonds. The van der Waals surface area contributed by atoms with Crippen LogP contribution in [0.2, 0.25) is 0 Å². The van der Waals surface area contributed by atoms with Crippen molar-refractivity contribution in [3.05, 3.63) is 29.3 Å². The van der Waals surface area contributed by atoms with Gasteiger partial charge in [0.05, 0.1) is 0 Å². The third-order valence-corrected chi connectivity index (χ3v) is 9.74. The van der Waals surface area contributed by atoms with Gasteiger partial charge in [-0.2, -0.15) is 0 Å². The monoisotopic (exact) mass is 512 g/mol. The highest BCUT2D eigenvalue weighted by molar-refractivity contribution is 7.99. The number of carbonyl (C=O) groups is 3. The van der Waals surface area contributed by atoms with Crippen molar-refractivity contribution in [1.29, 1.82) is 0 Å². The molecule has 3 unspecified atom stereocenters. The molecule has 5 heterocycles.